The van der Waals surface area contributed by atoms with E-state index in [1.54, 1.807) is 11.6 Å². The van der Waals surface area contributed by atoms with Crippen molar-refractivity contribution < 1.29 is 65.0 Å². The smallest absolute Gasteiger partial charge is 0.335 e. The predicted octanol–water partition coefficient (Wildman–Crippen LogP) is -2.08. The maximum absolute atomic E-state index is 11.2. The van der Waals surface area contributed by atoms with Crippen molar-refractivity contribution in [3.8, 4) is 0 Å². The minimum Gasteiger partial charge on any atom is -0.760 e. The highest BCUT2D eigenvalue weighted by molar-refractivity contribution is 7.84. The molecule has 0 aliphatic carbocycles. The van der Waals surface area contributed by atoms with E-state index in [0.29, 0.717) is 19.1 Å². The summed E-state index contributed by atoms with van der Waals surface area (Å²) in [7, 11) is -9.14. The van der Waals surface area contributed by atoms with E-state index in [1.165, 1.54) is 6.92 Å². The Balaban J connectivity index is 3.30. The number of rotatable bonds is 29. The molecule has 51 heavy (non-hydrogen) atoms. The van der Waals surface area contributed by atoms with Gasteiger partial charge in [-0.25, -0.2) is 4.72 Å². The normalized spacial score (nSPS) is 17.1. The summed E-state index contributed by atoms with van der Waals surface area (Å²) in [6, 6.07) is -1.12. The van der Waals surface area contributed by atoms with E-state index in [1.807, 2.05) is 4.72 Å². The van der Waals surface area contributed by atoms with Crippen LogP contribution in [0.1, 0.15) is 90.9 Å². The average Bonchev–Trinajstić information content (AvgIpc) is 2.95. The first-order chi connectivity index (χ1) is 23.7. The van der Waals surface area contributed by atoms with Crippen LogP contribution in [-0.2, 0) is 36.7 Å². The number of aromatic nitrogens is 3. The molecule has 12 N–H and O–H groups in total. The van der Waals surface area contributed by atoms with Gasteiger partial charge in [0.1, 0.15) is 37.4 Å². The zero-order valence-electron chi connectivity index (χ0n) is 28.1. The van der Waals surface area contributed by atoms with Gasteiger partial charge in [-0.1, -0.05) is 0 Å². The van der Waals surface area contributed by atoms with Crippen molar-refractivity contribution in [3.05, 3.63) is 0 Å². The van der Waals surface area contributed by atoms with E-state index in [4.69, 9.17) is 9.11 Å². The molecular weight excluding hydrogens is 747 g/mol. The van der Waals surface area contributed by atoms with Crippen LogP contribution in [0.15, 0.2) is 0 Å². The number of anilines is 3. The van der Waals surface area contributed by atoms with Crippen LogP contribution in [-0.4, -0.2) is 125 Å². The second-order valence-corrected chi connectivity index (χ2v) is 14.8. The topological polar surface area (TPSA) is 369 Å². The molecule has 1 aromatic heterocycles. The summed E-state index contributed by atoms with van der Waals surface area (Å²) < 4.78 is 89.3. The van der Waals surface area contributed by atoms with Crippen molar-refractivity contribution in [1.29, 1.82) is 0 Å². The van der Waals surface area contributed by atoms with Crippen molar-refractivity contribution in [1.82, 2.24) is 29.1 Å². The molecule has 26 heteroatoms. The van der Waals surface area contributed by atoms with Crippen molar-refractivity contribution in [2.24, 2.45) is 0 Å². The predicted molar refractivity (Wildman–Crippen MR) is 181 cm³/mol. The Labute approximate surface area is 299 Å². The molecule has 0 amide bonds. The van der Waals surface area contributed by atoms with Gasteiger partial charge in [-0.2, -0.15) is 41.2 Å². The highest BCUT2D eigenvalue weighted by atomic mass is 32.2. The summed E-state index contributed by atoms with van der Waals surface area (Å²) in [6.07, 6.45) is -5.65. The van der Waals surface area contributed by atoms with Gasteiger partial charge in [-0.3, -0.25) is 18.2 Å². The zero-order valence-corrected chi connectivity index (χ0v) is 30.6. The van der Waals surface area contributed by atoms with Gasteiger partial charge in [0.05, 0.1) is 0 Å². The molecule has 1 rings (SSSR count). The number of hydrogen-bond acceptors (Lipinski definition) is 18. The lowest BCUT2D eigenvalue weighted by molar-refractivity contribution is -0.108. The molecule has 0 saturated heterocycles. The van der Waals surface area contributed by atoms with Gasteiger partial charge in [-0.05, 0) is 84.5 Å². The summed E-state index contributed by atoms with van der Waals surface area (Å²) in [5.41, 5.74) is 0. The van der Waals surface area contributed by atoms with Crippen LogP contribution >= 0.6 is 0 Å². The third-order valence-electron chi connectivity index (χ3n) is 6.97. The first kappa shape index (κ1) is 46.7. The van der Waals surface area contributed by atoms with Crippen molar-refractivity contribution in [3.63, 3.8) is 0 Å². The molecule has 0 aliphatic heterocycles. The standard InChI is InChI=1S/C25H51N9O14S3/c1-16(31-49(41)42)8-5-10-18(36)26-23-28-24(27-19(37)11-7-12-20(38)33-51(46,47)48)30-25(29-23)34(21(39)13-3-4-15-35)22(40)14-6-9-17(2)32-50(43,44)45/h15-22,31-33,36-40H,3-14H2,1-2H3,(H,41,42)(H,43,44,45)(H,46,47,48)(H2,26,27,28,29,30)/p-1. The van der Waals surface area contributed by atoms with Gasteiger partial charge < -0.3 is 45.5 Å². The average molecular weight is 797 g/mol. The second kappa shape index (κ2) is 23.4. The minimum absolute atomic E-state index is 0.0258. The number of aliphatic hydroxyl groups is 5. The fourth-order valence-corrected chi connectivity index (χ4v) is 6.21. The van der Waals surface area contributed by atoms with Crippen LogP contribution in [0.25, 0.3) is 0 Å². The molecule has 8 atom stereocenters. The molecule has 0 saturated carbocycles. The molecule has 0 aliphatic rings. The molecule has 0 radical (unpaired) electrons. The zero-order chi connectivity index (χ0) is 38.8. The fraction of sp³-hybridized carbons (Fsp3) is 0.840. The summed E-state index contributed by atoms with van der Waals surface area (Å²) in [5.74, 6) is -0.962. The Morgan fingerprint density at radius 1 is 0.706 bits per heavy atom. The quantitative estimate of drug-likeness (QED) is 0.0136. The summed E-state index contributed by atoms with van der Waals surface area (Å²) >= 11 is -2.47. The first-order valence-corrected chi connectivity index (χ1v) is 19.9. The van der Waals surface area contributed by atoms with Crippen LogP contribution in [0, 0.1) is 0 Å². The van der Waals surface area contributed by atoms with Crippen molar-refractivity contribution >= 4 is 56.0 Å². The molecule has 0 bridgehead atoms. The number of nitrogens with zero attached hydrogens (tertiary/aromatic N) is 4. The molecule has 23 nitrogen and oxygen atoms in total. The number of carbonyl (C=O) groups excluding carboxylic acids is 1. The Morgan fingerprint density at radius 3 is 1.65 bits per heavy atom. The molecule has 1 aromatic rings. The molecule has 0 spiro atoms. The fourth-order valence-electron chi connectivity index (χ4n) is 4.67. The minimum atomic E-state index is -4.67. The Morgan fingerprint density at radius 2 is 1.16 bits per heavy atom. The second-order valence-electron chi connectivity index (χ2n) is 11.7. The van der Waals surface area contributed by atoms with E-state index in [0.717, 1.165) is 4.90 Å². The lowest BCUT2D eigenvalue weighted by atomic mass is 10.1. The van der Waals surface area contributed by atoms with E-state index in [2.05, 4.69) is 30.3 Å². The van der Waals surface area contributed by atoms with E-state index in [9.17, 15) is 55.9 Å². The third-order valence-corrected chi connectivity index (χ3v) is 8.84. The Hall–Kier alpha value is -2.31. The molecule has 8 unspecified atom stereocenters. The van der Waals surface area contributed by atoms with Crippen LogP contribution < -0.4 is 29.7 Å². The largest absolute Gasteiger partial charge is 0.760 e. The molecule has 298 valence electrons. The number of nitrogens with one attached hydrogen (secondary N) is 5. The van der Waals surface area contributed by atoms with Crippen LogP contribution in [0.4, 0.5) is 17.8 Å². The van der Waals surface area contributed by atoms with Gasteiger partial charge in [0.2, 0.25) is 17.8 Å². The van der Waals surface area contributed by atoms with Crippen molar-refractivity contribution in [2.45, 2.75) is 134 Å². The molecule has 0 aromatic carbocycles. The molecule has 0 fully saturated rings. The lowest BCUT2D eigenvalue weighted by Crippen LogP contribution is -2.45. The highest BCUT2D eigenvalue weighted by Crippen LogP contribution is 2.23. The van der Waals surface area contributed by atoms with E-state index >= 15 is 0 Å². The summed E-state index contributed by atoms with van der Waals surface area (Å²) in [5, 5.41) is 58.4. The van der Waals surface area contributed by atoms with Gasteiger partial charge >= 0.3 is 20.6 Å². The van der Waals surface area contributed by atoms with Gasteiger partial charge in [0.15, 0.2) is 0 Å². The number of hydrogen-bond donors (Lipinski definition) is 12. The highest BCUT2D eigenvalue weighted by Gasteiger charge is 2.28. The van der Waals surface area contributed by atoms with Crippen LogP contribution in [0.2, 0.25) is 0 Å². The number of aliphatic hydroxyl groups excluding tert-OH is 5. The third kappa shape index (κ3) is 22.4. The maximum Gasteiger partial charge on any atom is 0.335 e. The van der Waals surface area contributed by atoms with Crippen molar-refractivity contribution in [2.75, 3.05) is 15.5 Å². The number of unbranched alkanes of at least 4 members (excludes halogenated alkanes) is 1. The van der Waals surface area contributed by atoms with E-state index in [-0.39, 0.29) is 82.1 Å². The van der Waals surface area contributed by atoms with Gasteiger partial charge in [-0.15, -0.1) is 0 Å². The van der Waals surface area contributed by atoms with Gasteiger partial charge in [0.25, 0.3) is 0 Å². The maximum atomic E-state index is 11.2. The van der Waals surface area contributed by atoms with E-state index < -0.39 is 75.1 Å². The molecule has 1 heterocycles. The van der Waals surface area contributed by atoms with Gasteiger partial charge in [0, 0.05) is 29.8 Å². The summed E-state index contributed by atoms with van der Waals surface area (Å²) in [4.78, 5) is 24.4. The Kier molecular flexibility index (Phi) is 21.4. The SMILES string of the molecule is CC(CCCC(O)Nc1nc(NC(O)CCCC(O)NS(=O)(=O)O)nc(N(C(O)CCCC=O)C(O)CCCC(C)NS(=O)(=O)O)n1)NS(=O)[O-]. The Bertz CT molecular complexity index is 1420. The summed E-state index contributed by atoms with van der Waals surface area (Å²) in [6.45, 7) is 3.12. The molecular formula is C25H50N9O14S3-. The number of aldehydes is 1. The first-order valence-electron chi connectivity index (χ1n) is 15.9. The number of carbonyl (C=O) groups is 1. The lowest BCUT2D eigenvalue weighted by Gasteiger charge is -2.33. The van der Waals surface area contributed by atoms with Crippen LogP contribution in [0.5, 0.6) is 0 Å². The monoisotopic (exact) mass is 796 g/mol. The van der Waals surface area contributed by atoms with Crippen LogP contribution in [0.3, 0.4) is 0 Å².